The summed E-state index contributed by atoms with van der Waals surface area (Å²) in [5, 5.41) is 0.619. The number of ether oxygens (including phenoxy) is 1. The normalized spacial score (nSPS) is 17.1. The Kier molecular flexibility index (Phi) is 2.79. The molecule has 0 unspecified atom stereocenters. The number of benzene rings is 1. The summed E-state index contributed by atoms with van der Waals surface area (Å²) in [5.41, 5.74) is 7.58. The molecule has 1 aromatic carbocycles. The van der Waals surface area contributed by atoms with Crippen LogP contribution in [-0.2, 0) is 4.74 Å². The lowest BCUT2D eigenvalue weighted by Crippen LogP contribution is -2.36. The van der Waals surface area contributed by atoms with Gasteiger partial charge in [0.1, 0.15) is 0 Å². The van der Waals surface area contributed by atoms with Crippen LogP contribution in [0.4, 0.5) is 11.4 Å². The number of nitrogens with zero attached hydrogens (tertiary/aromatic N) is 1. The van der Waals surface area contributed by atoms with Crippen molar-refractivity contribution in [2.75, 3.05) is 36.9 Å². The third-order valence-electron chi connectivity index (χ3n) is 2.38. The molecule has 0 atom stereocenters. The van der Waals surface area contributed by atoms with E-state index in [0.717, 1.165) is 32.0 Å². The Labute approximate surface area is 88.4 Å². The molecule has 4 heteroatoms. The van der Waals surface area contributed by atoms with Crippen molar-refractivity contribution in [3.05, 3.63) is 23.2 Å². The lowest BCUT2D eigenvalue weighted by Gasteiger charge is -2.29. The fourth-order valence-electron chi connectivity index (χ4n) is 1.61. The van der Waals surface area contributed by atoms with E-state index < -0.39 is 0 Å². The number of nitrogens with two attached hydrogens (primary N) is 1. The Morgan fingerprint density at radius 1 is 1.29 bits per heavy atom. The number of halogens is 1. The molecule has 3 nitrogen and oxygen atoms in total. The number of rotatable bonds is 1. The molecular weight excluding hydrogens is 200 g/mol. The van der Waals surface area contributed by atoms with Crippen LogP contribution in [0.2, 0.25) is 5.02 Å². The number of hydrogen-bond acceptors (Lipinski definition) is 3. The first-order chi connectivity index (χ1) is 6.79. The maximum Gasteiger partial charge on any atom is 0.0741 e. The summed E-state index contributed by atoms with van der Waals surface area (Å²) in [4.78, 5) is 2.20. The van der Waals surface area contributed by atoms with Crippen molar-refractivity contribution in [3.8, 4) is 0 Å². The van der Waals surface area contributed by atoms with Crippen LogP contribution in [0.3, 0.4) is 0 Å². The zero-order chi connectivity index (χ0) is 9.97. The molecule has 0 bridgehead atoms. The zero-order valence-electron chi connectivity index (χ0n) is 7.87. The highest BCUT2D eigenvalue weighted by Gasteiger charge is 2.14. The van der Waals surface area contributed by atoms with E-state index in [0.29, 0.717) is 10.7 Å². The molecule has 76 valence electrons. The van der Waals surface area contributed by atoms with Gasteiger partial charge in [-0.25, -0.2) is 0 Å². The second kappa shape index (κ2) is 4.07. The second-order valence-corrected chi connectivity index (χ2v) is 3.68. The molecular formula is C10H13ClN2O. The molecule has 1 heterocycles. The molecule has 0 saturated carbocycles. The van der Waals surface area contributed by atoms with E-state index in [1.54, 1.807) is 6.07 Å². The van der Waals surface area contributed by atoms with Gasteiger partial charge in [0.15, 0.2) is 0 Å². The first-order valence-corrected chi connectivity index (χ1v) is 5.03. The Balaban J connectivity index is 2.26. The van der Waals surface area contributed by atoms with E-state index in [-0.39, 0.29) is 0 Å². The average molecular weight is 213 g/mol. The van der Waals surface area contributed by atoms with E-state index in [2.05, 4.69) is 4.90 Å². The highest BCUT2D eigenvalue weighted by molar-refractivity contribution is 6.33. The number of hydrogen-bond donors (Lipinski definition) is 1. The Morgan fingerprint density at radius 3 is 2.71 bits per heavy atom. The minimum absolute atomic E-state index is 0.619. The summed E-state index contributed by atoms with van der Waals surface area (Å²) in [7, 11) is 0. The summed E-state index contributed by atoms with van der Waals surface area (Å²) in [6, 6.07) is 5.72. The molecule has 0 aliphatic carbocycles. The van der Waals surface area contributed by atoms with Crippen molar-refractivity contribution in [3.63, 3.8) is 0 Å². The van der Waals surface area contributed by atoms with Crippen LogP contribution in [0, 0.1) is 0 Å². The highest BCUT2D eigenvalue weighted by atomic mass is 35.5. The van der Waals surface area contributed by atoms with E-state index in [1.807, 2.05) is 12.1 Å². The van der Waals surface area contributed by atoms with Gasteiger partial charge in [-0.05, 0) is 12.1 Å². The van der Waals surface area contributed by atoms with Crippen molar-refractivity contribution in [1.82, 2.24) is 0 Å². The number of anilines is 2. The third kappa shape index (κ3) is 1.79. The van der Waals surface area contributed by atoms with Crippen molar-refractivity contribution < 1.29 is 4.74 Å². The fraction of sp³-hybridized carbons (Fsp3) is 0.400. The zero-order valence-corrected chi connectivity index (χ0v) is 8.63. The smallest absolute Gasteiger partial charge is 0.0741 e. The lowest BCUT2D eigenvalue weighted by molar-refractivity contribution is 0.123. The van der Waals surface area contributed by atoms with Crippen molar-refractivity contribution in [1.29, 1.82) is 0 Å². The Bertz CT molecular complexity index is 324. The number of morpholine rings is 1. The van der Waals surface area contributed by atoms with Gasteiger partial charge in [-0.3, -0.25) is 0 Å². The van der Waals surface area contributed by atoms with Gasteiger partial charge in [0.2, 0.25) is 0 Å². The Morgan fingerprint density at radius 2 is 2.00 bits per heavy atom. The third-order valence-corrected chi connectivity index (χ3v) is 2.71. The SMILES string of the molecule is Nc1c(Cl)cccc1N1CCOCC1. The minimum atomic E-state index is 0.619. The van der Waals surface area contributed by atoms with Crippen LogP contribution in [0.1, 0.15) is 0 Å². The molecule has 1 fully saturated rings. The molecule has 1 aliphatic rings. The van der Waals surface area contributed by atoms with Crippen LogP contribution in [0.25, 0.3) is 0 Å². The predicted octanol–water partition coefficient (Wildman–Crippen LogP) is 1.76. The van der Waals surface area contributed by atoms with Crippen LogP contribution in [0.15, 0.2) is 18.2 Å². The van der Waals surface area contributed by atoms with Gasteiger partial charge in [0, 0.05) is 13.1 Å². The van der Waals surface area contributed by atoms with E-state index in [1.165, 1.54) is 0 Å². The van der Waals surface area contributed by atoms with E-state index >= 15 is 0 Å². The van der Waals surface area contributed by atoms with Crippen LogP contribution < -0.4 is 10.6 Å². The Hall–Kier alpha value is -0.930. The topological polar surface area (TPSA) is 38.5 Å². The molecule has 0 radical (unpaired) electrons. The fourth-order valence-corrected chi connectivity index (χ4v) is 1.78. The lowest BCUT2D eigenvalue weighted by atomic mass is 10.2. The predicted molar refractivity (Wildman–Crippen MR) is 58.9 cm³/mol. The van der Waals surface area contributed by atoms with Crippen LogP contribution >= 0.6 is 11.6 Å². The summed E-state index contributed by atoms with van der Waals surface area (Å²) in [5.74, 6) is 0. The van der Waals surface area contributed by atoms with Gasteiger partial charge < -0.3 is 15.4 Å². The van der Waals surface area contributed by atoms with Crippen LogP contribution in [0.5, 0.6) is 0 Å². The van der Waals surface area contributed by atoms with Gasteiger partial charge in [-0.15, -0.1) is 0 Å². The summed E-state index contributed by atoms with van der Waals surface area (Å²) < 4.78 is 5.28. The van der Waals surface area contributed by atoms with Crippen molar-refractivity contribution in [2.45, 2.75) is 0 Å². The summed E-state index contributed by atoms with van der Waals surface area (Å²) in [6.07, 6.45) is 0. The maximum absolute atomic E-state index is 5.95. The quantitative estimate of drug-likeness (QED) is 0.721. The van der Waals surface area contributed by atoms with Gasteiger partial charge >= 0.3 is 0 Å². The van der Waals surface area contributed by atoms with E-state index in [4.69, 9.17) is 22.1 Å². The average Bonchev–Trinajstić information content (AvgIpc) is 2.23. The van der Waals surface area contributed by atoms with Gasteiger partial charge in [0.05, 0.1) is 29.6 Å². The summed E-state index contributed by atoms with van der Waals surface area (Å²) >= 11 is 5.95. The molecule has 2 N–H and O–H groups in total. The van der Waals surface area contributed by atoms with Gasteiger partial charge in [-0.2, -0.15) is 0 Å². The largest absolute Gasteiger partial charge is 0.396 e. The van der Waals surface area contributed by atoms with E-state index in [9.17, 15) is 0 Å². The van der Waals surface area contributed by atoms with Crippen molar-refractivity contribution in [2.24, 2.45) is 0 Å². The minimum Gasteiger partial charge on any atom is -0.396 e. The van der Waals surface area contributed by atoms with Gasteiger partial charge in [-0.1, -0.05) is 17.7 Å². The monoisotopic (exact) mass is 212 g/mol. The second-order valence-electron chi connectivity index (χ2n) is 3.27. The van der Waals surface area contributed by atoms with Crippen molar-refractivity contribution >= 4 is 23.0 Å². The molecule has 1 aromatic rings. The van der Waals surface area contributed by atoms with Gasteiger partial charge in [0.25, 0.3) is 0 Å². The molecule has 14 heavy (non-hydrogen) atoms. The molecule has 1 aliphatic heterocycles. The maximum atomic E-state index is 5.95. The number of nitrogen functional groups attached to an aromatic ring is 1. The first-order valence-electron chi connectivity index (χ1n) is 4.66. The molecule has 0 spiro atoms. The first kappa shape index (κ1) is 9.62. The summed E-state index contributed by atoms with van der Waals surface area (Å²) in [6.45, 7) is 3.27. The van der Waals surface area contributed by atoms with Crippen LogP contribution in [-0.4, -0.2) is 26.3 Å². The highest BCUT2D eigenvalue weighted by Crippen LogP contribution is 2.30. The standard InChI is InChI=1S/C10H13ClN2O/c11-8-2-1-3-9(10(8)12)13-4-6-14-7-5-13/h1-3H,4-7,12H2. The molecule has 0 amide bonds. The molecule has 0 aromatic heterocycles. The molecule has 2 rings (SSSR count). The molecule has 1 saturated heterocycles. The number of para-hydroxylation sites is 1.